The van der Waals surface area contributed by atoms with Crippen LogP contribution in [0, 0.1) is 11.6 Å². The molecule has 1 aromatic heterocycles. The minimum absolute atomic E-state index is 0.0271. The number of carbonyl (C=O) groups is 1. The number of benzene rings is 1. The van der Waals surface area contributed by atoms with Crippen molar-refractivity contribution >= 4 is 37.6 Å². The van der Waals surface area contributed by atoms with E-state index in [-0.39, 0.29) is 10.2 Å². The summed E-state index contributed by atoms with van der Waals surface area (Å²) in [5, 5.41) is 0. The van der Waals surface area contributed by atoms with Gasteiger partial charge < -0.3 is 0 Å². The number of nitrogens with zero attached hydrogens (tertiary/aromatic N) is 1. The minimum Gasteiger partial charge on any atom is -0.287 e. The van der Waals surface area contributed by atoms with Crippen molar-refractivity contribution in [3.05, 3.63) is 62.3 Å². The maximum Gasteiger partial charge on any atom is 0.218 e. The Morgan fingerprint density at radius 1 is 1.11 bits per heavy atom. The predicted molar refractivity (Wildman–Crippen MR) is 69.4 cm³/mol. The molecule has 0 aliphatic carbocycles. The Balaban J connectivity index is 2.61. The van der Waals surface area contributed by atoms with Crippen molar-refractivity contribution in [3.63, 3.8) is 0 Å². The summed E-state index contributed by atoms with van der Waals surface area (Å²) in [6, 6.07) is 5.41. The topological polar surface area (TPSA) is 30.0 Å². The number of carbonyl (C=O) groups excluding carboxylic acids is 1. The van der Waals surface area contributed by atoms with E-state index in [0.29, 0.717) is 4.47 Å². The van der Waals surface area contributed by atoms with Crippen molar-refractivity contribution in [2.75, 3.05) is 0 Å². The second-order valence-corrected chi connectivity index (χ2v) is 5.09. The first-order valence-corrected chi connectivity index (χ1v) is 6.39. The zero-order chi connectivity index (χ0) is 13.3. The molecule has 1 aromatic carbocycles. The second-order valence-electron chi connectivity index (χ2n) is 3.38. The molecule has 0 amide bonds. The van der Waals surface area contributed by atoms with Gasteiger partial charge in [0.2, 0.25) is 5.78 Å². The molecule has 0 bridgehead atoms. The van der Waals surface area contributed by atoms with Crippen LogP contribution in [0.1, 0.15) is 16.1 Å². The van der Waals surface area contributed by atoms with Crippen molar-refractivity contribution in [3.8, 4) is 0 Å². The predicted octanol–water partition coefficient (Wildman–Crippen LogP) is 4.12. The molecule has 0 fully saturated rings. The average molecular weight is 377 g/mol. The summed E-state index contributed by atoms with van der Waals surface area (Å²) in [6.45, 7) is 0. The molecule has 2 aromatic rings. The van der Waals surface area contributed by atoms with Gasteiger partial charge in [-0.25, -0.2) is 8.78 Å². The summed E-state index contributed by atoms with van der Waals surface area (Å²) in [5.41, 5.74) is -0.655. The van der Waals surface area contributed by atoms with Gasteiger partial charge in [0.05, 0.1) is 10.0 Å². The molecule has 0 radical (unpaired) electrons. The fourth-order valence-electron chi connectivity index (χ4n) is 1.41. The second kappa shape index (κ2) is 5.24. The third-order valence-corrected chi connectivity index (χ3v) is 3.50. The Labute approximate surface area is 118 Å². The van der Waals surface area contributed by atoms with Gasteiger partial charge in [-0.05, 0) is 56.1 Å². The maximum atomic E-state index is 13.8. The Hall–Kier alpha value is -1.14. The lowest BCUT2D eigenvalue weighted by atomic mass is 10.1. The largest absolute Gasteiger partial charge is 0.287 e. The van der Waals surface area contributed by atoms with Gasteiger partial charge in [0, 0.05) is 10.7 Å². The molecule has 0 spiro atoms. The lowest BCUT2D eigenvalue weighted by Gasteiger charge is -2.06. The highest BCUT2D eigenvalue weighted by atomic mass is 79.9. The Morgan fingerprint density at radius 3 is 2.50 bits per heavy atom. The van der Waals surface area contributed by atoms with E-state index in [2.05, 4.69) is 36.8 Å². The molecule has 0 atom stereocenters. The Bertz CT molecular complexity index is 631. The van der Waals surface area contributed by atoms with Crippen LogP contribution in [0.5, 0.6) is 0 Å². The number of hydrogen-bond donors (Lipinski definition) is 0. The molecular formula is C12H5Br2F2NO. The molecule has 18 heavy (non-hydrogen) atoms. The molecule has 0 unspecified atom stereocenters. The summed E-state index contributed by atoms with van der Waals surface area (Å²) < 4.78 is 27.8. The van der Waals surface area contributed by atoms with Gasteiger partial charge in [0.25, 0.3) is 0 Å². The number of halogens is 4. The standard InChI is InChI=1S/C12H5Br2F2NO/c13-6-3-4-8(15)9(10(6)16)12(18)11-7(14)2-1-5-17-11/h1-5H. The fraction of sp³-hybridized carbons (Fsp3) is 0. The first-order chi connectivity index (χ1) is 8.52. The lowest BCUT2D eigenvalue weighted by molar-refractivity contribution is 0.102. The van der Waals surface area contributed by atoms with Crippen LogP contribution in [-0.2, 0) is 0 Å². The smallest absolute Gasteiger partial charge is 0.218 e. The van der Waals surface area contributed by atoms with E-state index in [1.165, 1.54) is 12.3 Å². The molecule has 2 rings (SSSR count). The fourth-order valence-corrected chi connectivity index (χ4v) is 2.17. The van der Waals surface area contributed by atoms with Gasteiger partial charge in [0.15, 0.2) is 5.82 Å². The molecule has 0 saturated carbocycles. The highest BCUT2D eigenvalue weighted by Gasteiger charge is 2.23. The molecule has 92 valence electrons. The van der Waals surface area contributed by atoms with Gasteiger partial charge in [-0.3, -0.25) is 9.78 Å². The van der Waals surface area contributed by atoms with Gasteiger partial charge >= 0.3 is 0 Å². The average Bonchev–Trinajstić information content (AvgIpc) is 2.35. The third kappa shape index (κ3) is 2.35. The van der Waals surface area contributed by atoms with E-state index in [1.54, 1.807) is 12.1 Å². The summed E-state index contributed by atoms with van der Waals surface area (Å²) in [7, 11) is 0. The number of pyridine rings is 1. The highest BCUT2D eigenvalue weighted by molar-refractivity contribution is 9.10. The van der Waals surface area contributed by atoms with Gasteiger partial charge in [-0.15, -0.1) is 0 Å². The minimum atomic E-state index is -0.933. The van der Waals surface area contributed by atoms with Crippen LogP contribution in [0.4, 0.5) is 8.78 Å². The van der Waals surface area contributed by atoms with Crippen molar-refractivity contribution in [1.29, 1.82) is 0 Å². The van der Waals surface area contributed by atoms with E-state index in [4.69, 9.17) is 0 Å². The Kier molecular flexibility index (Phi) is 3.87. The van der Waals surface area contributed by atoms with E-state index in [0.717, 1.165) is 6.07 Å². The van der Waals surface area contributed by atoms with Gasteiger partial charge in [-0.2, -0.15) is 0 Å². The zero-order valence-electron chi connectivity index (χ0n) is 8.75. The van der Waals surface area contributed by atoms with E-state index in [1.807, 2.05) is 0 Å². The summed E-state index contributed by atoms with van der Waals surface area (Å²) in [6.07, 6.45) is 1.38. The van der Waals surface area contributed by atoms with Crippen LogP contribution in [0.3, 0.4) is 0 Å². The van der Waals surface area contributed by atoms with Crippen molar-refractivity contribution in [2.45, 2.75) is 0 Å². The number of ketones is 1. The van der Waals surface area contributed by atoms with E-state index < -0.39 is 23.0 Å². The quantitative estimate of drug-likeness (QED) is 0.583. The van der Waals surface area contributed by atoms with Crippen LogP contribution < -0.4 is 0 Å². The summed E-state index contributed by atoms with van der Waals surface area (Å²) in [4.78, 5) is 15.9. The molecular weight excluding hydrogens is 372 g/mol. The maximum absolute atomic E-state index is 13.8. The summed E-state index contributed by atoms with van der Waals surface area (Å²) >= 11 is 6.04. The van der Waals surface area contributed by atoms with Crippen molar-refractivity contribution in [1.82, 2.24) is 4.98 Å². The molecule has 0 aliphatic rings. The Morgan fingerprint density at radius 2 is 1.83 bits per heavy atom. The molecule has 0 saturated heterocycles. The first kappa shape index (κ1) is 13.3. The van der Waals surface area contributed by atoms with Crippen LogP contribution in [0.25, 0.3) is 0 Å². The SMILES string of the molecule is O=C(c1ncccc1Br)c1c(F)ccc(Br)c1F. The number of hydrogen-bond acceptors (Lipinski definition) is 2. The molecule has 0 aliphatic heterocycles. The normalized spacial score (nSPS) is 10.4. The van der Waals surface area contributed by atoms with Crippen LogP contribution in [0.15, 0.2) is 39.4 Å². The monoisotopic (exact) mass is 375 g/mol. The molecule has 1 heterocycles. The zero-order valence-corrected chi connectivity index (χ0v) is 11.9. The molecule has 6 heteroatoms. The third-order valence-electron chi connectivity index (χ3n) is 2.24. The highest BCUT2D eigenvalue weighted by Crippen LogP contribution is 2.25. The number of aromatic nitrogens is 1. The molecule has 2 nitrogen and oxygen atoms in total. The van der Waals surface area contributed by atoms with E-state index >= 15 is 0 Å². The van der Waals surface area contributed by atoms with E-state index in [9.17, 15) is 13.6 Å². The van der Waals surface area contributed by atoms with Crippen molar-refractivity contribution in [2.24, 2.45) is 0 Å². The van der Waals surface area contributed by atoms with Crippen LogP contribution in [0.2, 0.25) is 0 Å². The van der Waals surface area contributed by atoms with Crippen LogP contribution >= 0.6 is 31.9 Å². The van der Waals surface area contributed by atoms with Crippen molar-refractivity contribution < 1.29 is 13.6 Å². The lowest BCUT2D eigenvalue weighted by Crippen LogP contribution is -2.10. The van der Waals surface area contributed by atoms with Gasteiger partial charge in [-0.1, -0.05) is 0 Å². The number of rotatable bonds is 2. The summed E-state index contributed by atoms with van der Waals surface area (Å²) in [5.74, 6) is -2.66. The van der Waals surface area contributed by atoms with Crippen LogP contribution in [-0.4, -0.2) is 10.8 Å². The van der Waals surface area contributed by atoms with Gasteiger partial charge in [0.1, 0.15) is 11.5 Å². The first-order valence-electron chi connectivity index (χ1n) is 4.81. The molecule has 0 N–H and O–H groups in total.